The summed E-state index contributed by atoms with van der Waals surface area (Å²) >= 11 is 0. The molecule has 0 radical (unpaired) electrons. The number of rotatable bonds is 4. The van der Waals surface area contributed by atoms with Gasteiger partial charge in [0.05, 0.1) is 23.9 Å². The number of aliphatic hydroxyl groups is 1. The van der Waals surface area contributed by atoms with Crippen molar-refractivity contribution in [3.05, 3.63) is 101 Å². The molecule has 0 saturated heterocycles. The van der Waals surface area contributed by atoms with Gasteiger partial charge in [-0.05, 0) is 54.5 Å². The first-order valence-corrected chi connectivity index (χ1v) is 12.2. The van der Waals surface area contributed by atoms with Gasteiger partial charge in [-0.2, -0.15) is 0 Å². The Balaban J connectivity index is 1.43. The molecule has 4 N–H and O–H groups in total. The SMILES string of the molecule is CC1=C(NC(=O)NC2c3ccccc3C(C)(C)C[C@H]2O)N(c2ccccc2)NC1c1cnc(C)nc1. The van der Waals surface area contributed by atoms with Crippen molar-refractivity contribution in [2.24, 2.45) is 0 Å². The lowest BCUT2D eigenvalue weighted by Crippen LogP contribution is -2.49. The number of hydrogen-bond donors (Lipinski definition) is 4. The zero-order chi connectivity index (χ0) is 25.4. The van der Waals surface area contributed by atoms with Gasteiger partial charge >= 0.3 is 6.03 Å². The van der Waals surface area contributed by atoms with Gasteiger partial charge in [0.15, 0.2) is 0 Å². The van der Waals surface area contributed by atoms with E-state index < -0.39 is 12.1 Å². The van der Waals surface area contributed by atoms with Gasteiger partial charge in [-0.15, -0.1) is 0 Å². The van der Waals surface area contributed by atoms with E-state index in [1.54, 1.807) is 12.4 Å². The fourth-order valence-corrected chi connectivity index (χ4v) is 5.22. The topological polar surface area (TPSA) is 102 Å². The molecule has 0 fully saturated rings. The first kappa shape index (κ1) is 24.0. The number of aromatic nitrogens is 2. The summed E-state index contributed by atoms with van der Waals surface area (Å²) in [6, 6.07) is 16.7. The number of fused-ring (bicyclic) bond motifs is 1. The molecule has 2 aliphatic rings. The maximum absolute atomic E-state index is 13.3. The Morgan fingerprint density at radius 2 is 1.72 bits per heavy atom. The fraction of sp³-hybridized carbons (Fsp3) is 0.321. The summed E-state index contributed by atoms with van der Waals surface area (Å²) in [5.41, 5.74) is 8.09. The Morgan fingerprint density at radius 1 is 1.06 bits per heavy atom. The zero-order valence-corrected chi connectivity index (χ0v) is 21.0. The number of urea groups is 1. The van der Waals surface area contributed by atoms with Crippen molar-refractivity contribution in [2.75, 3.05) is 5.01 Å². The number of nitrogens with one attached hydrogen (secondary N) is 3. The van der Waals surface area contributed by atoms with E-state index in [2.05, 4.69) is 45.9 Å². The fourth-order valence-electron chi connectivity index (χ4n) is 5.22. The van der Waals surface area contributed by atoms with E-state index in [0.29, 0.717) is 18.1 Å². The Labute approximate surface area is 211 Å². The molecule has 0 saturated carbocycles. The van der Waals surface area contributed by atoms with Gasteiger partial charge in [0.1, 0.15) is 11.6 Å². The minimum absolute atomic E-state index is 0.174. The molecule has 8 nitrogen and oxygen atoms in total. The van der Waals surface area contributed by atoms with Crippen LogP contribution in [0.1, 0.15) is 61.8 Å². The molecule has 2 unspecified atom stereocenters. The van der Waals surface area contributed by atoms with Crippen LogP contribution in [0.4, 0.5) is 10.5 Å². The predicted molar refractivity (Wildman–Crippen MR) is 139 cm³/mol. The number of hydrogen-bond acceptors (Lipinski definition) is 6. The van der Waals surface area contributed by atoms with E-state index in [1.165, 1.54) is 0 Å². The maximum Gasteiger partial charge on any atom is 0.320 e. The summed E-state index contributed by atoms with van der Waals surface area (Å²) in [6.45, 7) is 8.07. The lowest BCUT2D eigenvalue weighted by molar-refractivity contribution is 0.0874. The van der Waals surface area contributed by atoms with E-state index in [1.807, 2.05) is 67.4 Å². The molecule has 1 aliphatic carbocycles. The molecule has 0 spiro atoms. The highest BCUT2D eigenvalue weighted by Gasteiger charge is 2.39. The summed E-state index contributed by atoms with van der Waals surface area (Å²) in [7, 11) is 0. The number of aryl methyl sites for hydroxylation is 1. The van der Waals surface area contributed by atoms with E-state index in [9.17, 15) is 9.90 Å². The predicted octanol–water partition coefficient (Wildman–Crippen LogP) is 4.17. The molecule has 3 atom stereocenters. The van der Waals surface area contributed by atoms with E-state index >= 15 is 0 Å². The van der Waals surface area contributed by atoms with Crippen LogP contribution in [0.5, 0.6) is 0 Å². The number of amides is 2. The highest BCUT2D eigenvalue weighted by molar-refractivity contribution is 5.78. The second kappa shape index (κ2) is 9.37. The number of carbonyl (C=O) groups excluding carboxylic acids is 1. The lowest BCUT2D eigenvalue weighted by Gasteiger charge is -2.40. The highest BCUT2D eigenvalue weighted by atomic mass is 16.3. The number of benzene rings is 2. The maximum atomic E-state index is 13.3. The molecule has 1 aromatic heterocycles. The normalized spacial score (nSPS) is 22.8. The third kappa shape index (κ3) is 4.45. The molecule has 0 bridgehead atoms. The standard InChI is InChI=1S/C28H32N6O2/c1-17-24(19-15-29-18(2)30-16-19)33-34(20-10-6-5-7-11-20)26(17)32-27(36)31-25-21-12-8-9-13-22(21)28(3,4)14-23(25)35/h5-13,15-16,23-25,33,35H,14H2,1-4H3,(H2,31,32,36)/t23-,24?,25?/m1/s1. The average Bonchev–Trinajstić information content (AvgIpc) is 3.18. The van der Waals surface area contributed by atoms with Crippen LogP contribution < -0.4 is 21.1 Å². The van der Waals surface area contributed by atoms with Gasteiger partial charge in [0.25, 0.3) is 0 Å². The molecule has 36 heavy (non-hydrogen) atoms. The van der Waals surface area contributed by atoms with Crippen molar-refractivity contribution in [1.82, 2.24) is 26.0 Å². The molecule has 2 heterocycles. The van der Waals surface area contributed by atoms with Crippen LogP contribution in [-0.2, 0) is 5.41 Å². The minimum Gasteiger partial charge on any atom is -0.391 e. The van der Waals surface area contributed by atoms with Gasteiger partial charge in [-0.1, -0.05) is 56.3 Å². The van der Waals surface area contributed by atoms with Crippen LogP contribution in [0.3, 0.4) is 0 Å². The highest BCUT2D eigenvalue weighted by Crippen LogP contribution is 2.41. The zero-order valence-electron chi connectivity index (χ0n) is 21.0. The minimum atomic E-state index is -0.694. The van der Waals surface area contributed by atoms with Crippen LogP contribution in [0.2, 0.25) is 0 Å². The average molecular weight is 485 g/mol. The van der Waals surface area contributed by atoms with Crippen molar-refractivity contribution in [2.45, 2.75) is 57.7 Å². The molecule has 8 heteroatoms. The second-order valence-corrected chi connectivity index (χ2v) is 10.1. The summed E-state index contributed by atoms with van der Waals surface area (Å²) < 4.78 is 0. The molecular weight excluding hydrogens is 452 g/mol. The van der Waals surface area contributed by atoms with Crippen molar-refractivity contribution in [3.8, 4) is 0 Å². The Morgan fingerprint density at radius 3 is 2.44 bits per heavy atom. The molecule has 3 aromatic rings. The van der Waals surface area contributed by atoms with Crippen molar-refractivity contribution >= 4 is 11.7 Å². The van der Waals surface area contributed by atoms with Gasteiger partial charge in [0.2, 0.25) is 0 Å². The Hall–Kier alpha value is -3.75. The summed E-state index contributed by atoms with van der Waals surface area (Å²) in [5.74, 6) is 1.33. The second-order valence-electron chi connectivity index (χ2n) is 10.1. The summed E-state index contributed by atoms with van der Waals surface area (Å²) in [5, 5.41) is 18.9. The van der Waals surface area contributed by atoms with Crippen LogP contribution in [0.25, 0.3) is 0 Å². The van der Waals surface area contributed by atoms with Crippen molar-refractivity contribution in [1.29, 1.82) is 0 Å². The smallest absolute Gasteiger partial charge is 0.320 e. The Kier molecular flexibility index (Phi) is 6.24. The van der Waals surface area contributed by atoms with Gasteiger partial charge in [-0.25, -0.2) is 20.2 Å². The van der Waals surface area contributed by atoms with E-state index in [-0.39, 0.29) is 17.5 Å². The Bertz CT molecular complexity index is 1290. The van der Waals surface area contributed by atoms with Crippen LogP contribution in [0.15, 0.2) is 78.4 Å². The third-order valence-corrected chi connectivity index (χ3v) is 7.08. The van der Waals surface area contributed by atoms with Crippen LogP contribution >= 0.6 is 0 Å². The first-order valence-electron chi connectivity index (χ1n) is 12.2. The molecule has 5 rings (SSSR count). The number of hydrazine groups is 1. The van der Waals surface area contributed by atoms with E-state index in [4.69, 9.17) is 0 Å². The summed E-state index contributed by atoms with van der Waals surface area (Å²) in [6.07, 6.45) is 3.46. The largest absolute Gasteiger partial charge is 0.391 e. The monoisotopic (exact) mass is 484 g/mol. The van der Waals surface area contributed by atoms with Gasteiger partial charge < -0.3 is 10.4 Å². The number of nitrogens with zero attached hydrogens (tertiary/aromatic N) is 3. The number of carbonyl (C=O) groups is 1. The lowest BCUT2D eigenvalue weighted by atomic mass is 9.70. The molecule has 2 aromatic carbocycles. The van der Waals surface area contributed by atoms with Gasteiger partial charge in [-0.3, -0.25) is 10.3 Å². The number of aliphatic hydroxyl groups excluding tert-OH is 1. The quantitative estimate of drug-likeness (QED) is 0.443. The molecule has 186 valence electrons. The van der Waals surface area contributed by atoms with E-state index in [0.717, 1.165) is 28.0 Å². The first-order chi connectivity index (χ1) is 17.2. The number of anilines is 1. The van der Waals surface area contributed by atoms with Crippen LogP contribution in [0, 0.1) is 6.92 Å². The summed E-state index contributed by atoms with van der Waals surface area (Å²) in [4.78, 5) is 22.0. The third-order valence-electron chi connectivity index (χ3n) is 7.08. The molecule has 1 aliphatic heterocycles. The van der Waals surface area contributed by atoms with Crippen LogP contribution in [-0.4, -0.2) is 27.2 Å². The molecule has 2 amide bonds. The number of para-hydroxylation sites is 1. The molecular formula is C28H32N6O2. The van der Waals surface area contributed by atoms with Crippen molar-refractivity contribution in [3.63, 3.8) is 0 Å². The van der Waals surface area contributed by atoms with Crippen molar-refractivity contribution < 1.29 is 9.90 Å². The van der Waals surface area contributed by atoms with Gasteiger partial charge in [0, 0.05) is 18.0 Å².